The van der Waals surface area contributed by atoms with Crippen LogP contribution in [0.3, 0.4) is 0 Å². The highest BCUT2D eigenvalue weighted by molar-refractivity contribution is 5.86. The predicted octanol–water partition coefficient (Wildman–Crippen LogP) is -1.20. The van der Waals surface area contributed by atoms with Gasteiger partial charge in [0.05, 0.1) is 19.3 Å². The number of ether oxygens (including phenoxy) is 1. The maximum absolute atomic E-state index is 11.8. The third-order valence-corrected chi connectivity index (χ3v) is 2.18. The summed E-state index contributed by atoms with van der Waals surface area (Å²) in [7, 11) is 1.47. The Balaban J connectivity index is 4.45. The number of nitrogens with two attached hydrogens (primary N) is 1. The highest BCUT2D eigenvalue weighted by atomic mass is 16.5. The molecular formula is C10H21N3O4. The molecule has 7 heteroatoms. The van der Waals surface area contributed by atoms with Gasteiger partial charge in [-0.1, -0.05) is 13.8 Å². The quantitative estimate of drug-likeness (QED) is 0.452. The van der Waals surface area contributed by atoms with Crippen LogP contribution in [-0.4, -0.2) is 49.5 Å². The van der Waals surface area contributed by atoms with E-state index < -0.39 is 24.0 Å². The first kappa shape index (κ1) is 15.7. The normalized spacial score (nSPS) is 14.2. The Labute approximate surface area is 101 Å². The molecule has 5 N–H and O–H groups in total. The number of hydrogen-bond acceptors (Lipinski definition) is 4. The Morgan fingerprint density at radius 2 is 1.94 bits per heavy atom. The number of carbonyl (C=O) groups excluding carboxylic acids is 2. The minimum Gasteiger partial charge on any atom is -0.394 e. The summed E-state index contributed by atoms with van der Waals surface area (Å²) in [5.74, 6) is -0.501. The van der Waals surface area contributed by atoms with Crippen LogP contribution in [-0.2, 0) is 9.53 Å². The average molecular weight is 247 g/mol. The number of hydrogen-bond donors (Lipinski definition) is 4. The monoisotopic (exact) mass is 247 g/mol. The SMILES string of the molecule is COCC(CO)NC(=O)C(NC(N)=O)C(C)C. The minimum absolute atomic E-state index is 0.107. The maximum atomic E-state index is 11.8. The van der Waals surface area contributed by atoms with Crippen molar-refractivity contribution in [1.29, 1.82) is 0 Å². The van der Waals surface area contributed by atoms with E-state index in [2.05, 4.69) is 10.6 Å². The topological polar surface area (TPSA) is 114 Å². The zero-order valence-electron chi connectivity index (χ0n) is 10.4. The van der Waals surface area contributed by atoms with Crippen LogP contribution in [0.4, 0.5) is 4.79 Å². The summed E-state index contributed by atoms with van der Waals surface area (Å²) in [4.78, 5) is 22.6. The van der Waals surface area contributed by atoms with E-state index in [4.69, 9.17) is 15.6 Å². The molecule has 7 nitrogen and oxygen atoms in total. The molecule has 0 spiro atoms. The second-order valence-electron chi connectivity index (χ2n) is 4.07. The molecule has 17 heavy (non-hydrogen) atoms. The van der Waals surface area contributed by atoms with Crippen molar-refractivity contribution >= 4 is 11.9 Å². The zero-order valence-corrected chi connectivity index (χ0v) is 10.4. The van der Waals surface area contributed by atoms with E-state index in [1.807, 2.05) is 0 Å². The van der Waals surface area contributed by atoms with E-state index in [1.54, 1.807) is 13.8 Å². The number of amides is 3. The van der Waals surface area contributed by atoms with Crippen LogP contribution in [0, 0.1) is 5.92 Å². The molecule has 0 radical (unpaired) electrons. The smallest absolute Gasteiger partial charge is 0.312 e. The number of carbonyl (C=O) groups is 2. The van der Waals surface area contributed by atoms with Crippen LogP contribution >= 0.6 is 0 Å². The van der Waals surface area contributed by atoms with E-state index in [0.717, 1.165) is 0 Å². The molecule has 0 heterocycles. The Morgan fingerprint density at radius 1 is 1.35 bits per heavy atom. The average Bonchev–Trinajstić information content (AvgIpc) is 2.24. The first-order chi connectivity index (χ1) is 7.92. The summed E-state index contributed by atoms with van der Waals surface area (Å²) in [5, 5.41) is 13.9. The van der Waals surface area contributed by atoms with Gasteiger partial charge in [-0.15, -0.1) is 0 Å². The number of aliphatic hydroxyl groups excluding tert-OH is 1. The minimum atomic E-state index is -0.758. The van der Waals surface area contributed by atoms with E-state index in [-0.39, 0.29) is 19.1 Å². The summed E-state index contributed by atoms with van der Waals surface area (Å²) < 4.78 is 4.83. The van der Waals surface area contributed by atoms with Crippen molar-refractivity contribution in [3.63, 3.8) is 0 Å². The second-order valence-corrected chi connectivity index (χ2v) is 4.07. The molecule has 0 aliphatic heterocycles. The van der Waals surface area contributed by atoms with Crippen molar-refractivity contribution in [3.8, 4) is 0 Å². The Kier molecular flexibility index (Phi) is 7.24. The second kappa shape index (κ2) is 7.86. The van der Waals surface area contributed by atoms with Crippen molar-refractivity contribution < 1.29 is 19.4 Å². The van der Waals surface area contributed by atoms with E-state index >= 15 is 0 Å². The Morgan fingerprint density at radius 3 is 2.29 bits per heavy atom. The summed E-state index contributed by atoms with van der Waals surface area (Å²) >= 11 is 0. The van der Waals surface area contributed by atoms with Crippen LogP contribution in [0.1, 0.15) is 13.8 Å². The van der Waals surface area contributed by atoms with Gasteiger partial charge in [0.1, 0.15) is 6.04 Å². The lowest BCUT2D eigenvalue weighted by Crippen LogP contribution is -2.54. The molecule has 2 unspecified atom stereocenters. The fourth-order valence-electron chi connectivity index (χ4n) is 1.32. The highest BCUT2D eigenvalue weighted by Crippen LogP contribution is 2.02. The molecule has 2 atom stereocenters. The molecule has 0 aromatic carbocycles. The first-order valence-electron chi connectivity index (χ1n) is 5.38. The van der Waals surface area contributed by atoms with E-state index in [1.165, 1.54) is 7.11 Å². The number of primary amides is 1. The Hall–Kier alpha value is -1.34. The van der Waals surface area contributed by atoms with Gasteiger partial charge in [0, 0.05) is 7.11 Å². The van der Waals surface area contributed by atoms with Gasteiger partial charge >= 0.3 is 6.03 Å². The van der Waals surface area contributed by atoms with Crippen molar-refractivity contribution in [2.45, 2.75) is 25.9 Å². The molecule has 0 aliphatic rings. The van der Waals surface area contributed by atoms with Gasteiger partial charge in [-0.05, 0) is 5.92 Å². The third-order valence-electron chi connectivity index (χ3n) is 2.18. The molecule has 0 bridgehead atoms. The molecule has 0 rings (SSSR count). The first-order valence-corrected chi connectivity index (χ1v) is 5.38. The van der Waals surface area contributed by atoms with Crippen LogP contribution in [0.15, 0.2) is 0 Å². The fourth-order valence-corrected chi connectivity index (χ4v) is 1.32. The number of methoxy groups -OCH3 is 1. The van der Waals surface area contributed by atoms with Gasteiger partial charge in [0.15, 0.2) is 0 Å². The Bertz CT molecular complexity index is 258. The van der Waals surface area contributed by atoms with Crippen LogP contribution < -0.4 is 16.4 Å². The molecule has 0 saturated carbocycles. The number of nitrogens with one attached hydrogen (secondary N) is 2. The largest absolute Gasteiger partial charge is 0.394 e. The lowest BCUT2D eigenvalue weighted by molar-refractivity contribution is -0.125. The molecule has 0 fully saturated rings. The van der Waals surface area contributed by atoms with E-state index in [0.29, 0.717) is 0 Å². The van der Waals surface area contributed by atoms with Crippen molar-refractivity contribution in [3.05, 3.63) is 0 Å². The van der Waals surface area contributed by atoms with E-state index in [9.17, 15) is 9.59 Å². The molecule has 3 amide bonds. The standard InChI is InChI=1S/C10H21N3O4/c1-6(2)8(13-10(11)16)9(15)12-7(4-14)5-17-3/h6-8,14H,4-5H2,1-3H3,(H,12,15)(H3,11,13,16). The predicted molar refractivity (Wildman–Crippen MR) is 62.2 cm³/mol. The van der Waals surface area contributed by atoms with Crippen molar-refractivity contribution in [2.24, 2.45) is 11.7 Å². The fraction of sp³-hybridized carbons (Fsp3) is 0.800. The van der Waals surface area contributed by atoms with Crippen LogP contribution in [0.5, 0.6) is 0 Å². The van der Waals surface area contributed by atoms with Gasteiger partial charge in [-0.25, -0.2) is 4.79 Å². The summed E-state index contributed by atoms with van der Waals surface area (Å²) in [6, 6.07) is -1.98. The lowest BCUT2D eigenvalue weighted by atomic mass is 10.0. The van der Waals surface area contributed by atoms with Crippen LogP contribution in [0.25, 0.3) is 0 Å². The molecule has 0 aliphatic carbocycles. The zero-order chi connectivity index (χ0) is 13.4. The summed E-state index contributed by atoms with van der Waals surface area (Å²) in [6.07, 6.45) is 0. The molecular weight excluding hydrogens is 226 g/mol. The lowest BCUT2D eigenvalue weighted by Gasteiger charge is -2.23. The number of aliphatic hydroxyl groups is 1. The van der Waals surface area contributed by atoms with Gasteiger partial charge in [0.2, 0.25) is 5.91 Å². The maximum Gasteiger partial charge on any atom is 0.312 e. The highest BCUT2D eigenvalue weighted by Gasteiger charge is 2.25. The van der Waals surface area contributed by atoms with Crippen LogP contribution in [0.2, 0.25) is 0 Å². The third kappa shape index (κ3) is 6.08. The number of urea groups is 1. The van der Waals surface area contributed by atoms with Gasteiger partial charge in [-0.3, -0.25) is 4.79 Å². The summed E-state index contributed by atoms with van der Waals surface area (Å²) in [5.41, 5.74) is 4.99. The van der Waals surface area contributed by atoms with Gasteiger partial charge < -0.3 is 26.2 Å². The van der Waals surface area contributed by atoms with Gasteiger partial charge in [0.25, 0.3) is 0 Å². The molecule has 0 saturated heterocycles. The number of rotatable bonds is 7. The summed E-state index contributed by atoms with van der Waals surface area (Å²) in [6.45, 7) is 3.53. The van der Waals surface area contributed by atoms with Crippen molar-refractivity contribution in [2.75, 3.05) is 20.3 Å². The molecule has 100 valence electrons. The van der Waals surface area contributed by atoms with Gasteiger partial charge in [-0.2, -0.15) is 0 Å². The molecule has 0 aromatic rings. The molecule has 0 aromatic heterocycles. The van der Waals surface area contributed by atoms with Crippen molar-refractivity contribution in [1.82, 2.24) is 10.6 Å².